The molecule has 2 aromatic carbocycles. The van der Waals surface area contributed by atoms with Gasteiger partial charge in [0.1, 0.15) is 5.82 Å². The Kier molecular flexibility index (Phi) is 6.66. The molecule has 1 unspecified atom stereocenters. The van der Waals surface area contributed by atoms with E-state index in [9.17, 15) is 14.0 Å². The number of carbonyl (C=O) groups excluding carboxylic acids is 2. The Balaban J connectivity index is 1.34. The molecule has 3 amide bonds. The van der Waals surface area contributed by atoms with Crippen LogP contribution in [0.5, 0.6) is 0 Å². The standard InChI is InChI=1S/C24H22ClFN4O2/c25-19-5-1-16(2-6-19)12-28-24(32)29-21-7-3-17(4-8-21)15-30-22(9-10-23(30)31)18-11-20(26)14-27-13-18/h1-8,11,13-14,22H,9-10,12,15H2,(H2,28,29,32). The second-order valence-corrected chi connectivity index (χ2v) is 8.08. The third-order valence-corrected chi connectivity index (χ3v) is 5.62. The van der Waals surface area contributed by atoms with Gasteiger partial charge in [-0.05, 0) is 53.4 Å². The van der Waals surface area contributed by atoms with Crippen molar-refractivity contribution in [1.29, 1.82) is 0 Å². The summed E-state index contributed by atoms with van der Waals surface area (Å²) in [7, 11) is 0. The first-order valence-electron chi connectivity index (χ1n) is 10.3. The summed E-state index contributed by atoms with van der Waals surface area (Å²) in [6, 6.07) is 15.5. The number of likely N-dealkylation sites (tertiary alicyclic amines) is 1. The van der Waals surface area contributed by atoms with Crippen LogP contribution in [0.4, 0.5) is 14.9 Å². The highest BCUT2D eigenvalue weighted by Crippen LogP contribution is 2.34. The average Bonchev–Trinajstić information content (AvgIpc) is 3.15. The van der Waals surface area contributed by atoms with E-state index in [0.29, 0.717) is 42.2 Å². The van der Waals surface area contributed by atoms with Gasteiger partial charge in [0.25, 0.3) is 0 Å². The Labute approximate surface area is 190 Å². The maximum atomic E-state index is 13.6. The molecule has 3 aromatic rings. The van der Waals surface area contributed by atoms with Crippen LogP contribution in [0.1, 0.15) is 35.6 Å². The predicted molar refractivity (Wildman–Crippen MR) is 120 cm³/mol. The molecule has 1 fully saturated rings. The summed E-state index contributed by atoms with van der Waals surface area (Å²) in [5, 5.41) is 6.23. The van der Waals surface area contributed by atoms with E-state index in [-0.39, 0.29) is 18.0 Å². The number of amides is 3. The lowest BCUT2D eigenvalue weighted by molar-refractivity contribution is -0.129. The van der Waals surface area contributed by atoms with Gasteiger partial charge in [-0.3, -0.25) is 9.78 Å². The van der Waals surface area contributed by atoms with E-state index in [0.717, 1.165) is 17.3 Å². The molecule has 2 heterocycles. The minimum absolute atomic E-state index is 0.0306. The summed E-state index contributed by atoms with van der Waals surface area (Å²) in [5.74, 6) is -0.380. The fourth-order valence-corrected chi connectivity index (χ4v) is 3.87. The van der Waals surface area contributed by atoms with Crippen LogP contribution in [0.2, 0.25) is 5.02 Å². The first-order chi connectivity index (χ1) is 15.5. The van der Waals surface area contributed by atoms with Crippen molar-refractivity contribution in [2.45, 2.75) is 32.0 Å². The Morgan fingerprint density at radius 1 is 1.09 bits per heavy atom. The number of hydrogen-bond acceptors (Lipinski definition) is 3. The van der Waals surface area contributed by atoms with Crippen molar-refractivity contribution in [3.63, 3.8) is 0 Å². The van der Waals surface area contributed by atoms with Gasteiger partial charge in [-0.1, -0.05) is 35.9 Å². The monoisotopic (exact) mass is 452 g/mol. The van der Waals surface area contributed by atoms with E-state index in [1.807, 2.05) is 24.3 Å². The van der Waals surface area contributed by atoms with Gasteiger partial charge in [-0.15, -0.1) is 0 Å². The fraction of sp³-hybridized carbons (Fsp3) is 0.208. The van der Waals surface area contributed by atoms with Crippen LogP contribution in [0.15, 0.2) is 67.0 Å². The molecule has 0 bridgehead atoms. The number of carbonyl (C=O) groups is 2. The largest absolute Gasteiger partial charge is 0.334 e. The third-order valence-electron chi connectivity index (χ3n) is 5.37. The number of halogens is 2. The molecule has 164 valence electrons. The molecular formula is C24H22ClFN4O2. The summed E-state index contributed by atoms with van der Waals surface area (Å²) >= 11 is 5.86. The number of nitrogens with one attached hydrogen (secondary N) is 2. The number of aromatic nitrogens is 1. The Morgan fingerprint density at radius 2 is 1.81 bits per heavy atom. The molecule has 0 aliphatic carbocycles. The number of hydrogen-bond donors (Lipinski definition) is 2. The molecule has 1 atom stereocenters. The second kappa shape index (κ2) is 9.78. The summed E-state index contributed by atoms with van der Waals surface area (Å²) in [5.41, 5.74) is 3.20. The van der Waals surface area contributed by atoms with Crippen LogP contribution in [0.25, 0.3) is 0 Å². The zero-order chi connectivity index (χ0) is 22.5. The van der Waals surface area contributed by atoms with Crippen LogP contribution in [0.3, 0.4) is 0 Å². The molecule has 1 aromatic heterocycles. The molecular weight excluding hydrogens is 431 g/mol. The van der Waals surface area contributed by atoms with E-state index >= 15 is 0 Å². The lowest BCUT2D eigenvalue weighted by Gasteiger charge is -2.25. The molecule has 4 rings (SSSR count). The molecule has 1 saturated heterocycles. The van der Waals surface area contributed by atoms with E-state index in [2.05, 4.69) is 15.6 Å². The minimum atomic E-state index is -0.411. The van der Waals surface area contributed by atoms with E-state index < -0.39 is 5.82 Å². The SMILES string of the molecule is O=C(NCc1ccc(Cl)cc1)Nc1ccc(CN2C(=O)CCC2c2cncc(F)c2)cc1. The van der Waals surface area contributed by atoms with Gasteiger partial charge >= 0.3 is 6.03 Å². The number of urea groups is 1. The summed E-state index contributed by atoms with van der Waals surface area (Å²) in [6.45, 7) is 0.789. The second-order valence-electron chi connectivity index (χ2n) is 7.64. The molecule has 0 radical (unpaired) electrons. The molecule has 8 heteroatoms. The smallest absolute Gasteiger partial charge is 0.319 e. The predicted octanol–water partition coefficient (Wildman–Crippen LogP) is 5.06. The number of anilines is 1. The van der Waals surface area contributed by atoms with Crippen LogP contribution < -0.4 is 10.6 Å². The van der Waals surface area contributed by atoms with Crippen molar-refractivity contribution >= 4 is 29.2 Å². The third kappa shape index (κ3) is 5.42. The first-order valence-corrected chi connectivity index (χ1v) is 10.6. The lowest BCUT2D eigenvalue weighted by atomic mass is 10.1. The highest BCUT2D eigenvalue weighted by atomic mass is 35.5. The van der Waals surface area contributed by atoms with Gasteiger partial charge in [0.2, 0.25) is 5.91 Å². The highest BCUT2D eigenvalue weighted by Gasteiger charge is 2.32. The van der Waals surface area contributed by atoms with Crippen molar-refractivity contribution in [3.8, 4) is 0 Å². The summed E-state index contributed by atoms with van der Waals surface area (Å²) < 4.78 is 13.6. The topological polar surface area (TPSA) is 74.3 Å². The van der Waals surface area contributed by atoms with Gasteiger partial charge in [0.15, 0.2) is 0 Å². The maximum absolute atomic E-state index is 13.6. The van der Waals surface area contributed by atoms with Crippen LogP contribution in [0, 0.1) is 5.82 Å². The maximum Gasteiger partial charge on any atom is 0.319 e. The quantitative estimate of drug-likeness (QED) is 0.549. The number of rotatable bonds is 6. The summed E-state index contributed by atoms with van der Waals surface area (Å²) in [6.07, 6.45) is 3.82. The molecule has 6 nitrogen and oxygen atoms in total. The van der Waals surface area contributed by atoms with Gasteiger partial charge in [0.05, 0.1) is 12.2 Å². The molecule has 0 saturated carbocycles. The fourth-order valence-electron chi connectivity index (χ4n) is 3.74. The minimum Gasteiger partial charge on any atom is -0.334 e. The Morgan fingerprint density at radius 3 is 2.53 bits per heavy atom. The van der Waals surface area contributed by atoms with Crippen molar-refractivity contribution in [3.05, 3.63) is 94.5 Å². The molecule has 2 N–H and O–H groups in total. The van der Waals surface area contributed by atoms with Crippen molar-refractivity contribution < 1.29 is 14.0 Å². The van der Waals surface area contributed by atoms with Gasteiger partial charge in [-0.2, -0.15) is 0 Å². The van der Waals surface area contributed by atoms with Gasteiger partial charge < -0.3 is 15.5 Å². The summed E-state index contributed by atoms with van der Waals surface area (Å²) in [4.78, 5) is 30.2. The van der Waals surface area contributed by atoms with Crippen LogP contribution in [-0.4, -0.2) is 21.8 Å². The Bertz CT molecular complexity index is 1110. The lowest BCUT2D eigenvalue weighted by Crippen LogP contribution is -2.28. The van der Waals surface area contributed by atoms with E-state index in [1.165, 1.54) is 6.07 Å². The molecule has 32 heavy (non-hydrogen) atoms. The molecule has 1 aliphatic rings. The number of benzene rings is 2. The van der Waals surface area contributed by atoms with Crippen molar-refractivity contribution in [2.75, 3.05) is 5.32 Å². The van der Waals surface area contributed by atoms with E-state index in [1.54, 1.807) is 35.4 Å². The normalized spacial score (nSPS) is 15.6. The van der Waals surface area contributed by atoms with Crippen LogP contribution in [-0.2, 0) is 17.9 Å². The van der Waals surface area contributed by atoms with Crippen molar-refractivity contribution in [2.24, 2.45) is 0 Å². The zero-order valence-corrected chi connectivity index (χ0v) is 18.0. The first kappa shape index (κ1) is 21.8. The average molecular weight is 453 g/mol. The number of pyridine rings is 1. The molecule has 0 spiro atoms. The van der Waals surface area contributed by atoms with Crippen LogP contribution >= 0.6 is 11.6 Å². The van der Waals surface area contributed by atoms with Gasteiger partial charge in [-0.25, -0.2) is 9.18 Å². The van der Waals surface area contributed by atoms with Crippen molar-refractivity contribution in [1.82, 2.24) is 15.2 Å². The Hall–Kier alpha value is -3.45. The van der Waals surface area contributed by atoms with E-state index in [4.69, 9.17) is 11.6 Å². The van der Waals surface area contributed by atoms with Gasteiger partial charge in [0, 0.05) is 36.4 Å². The highest BCUT2D eigenvalue weighted by molar-refractivity contribution is 6.30. The number of nitrogens with zero attached hydrogens (tertiary/aromatic N) is 2. The molecule has 1 aliphatic heterocycles. The zero-order valence-electron chi connectivity index (χ0n) is 17.2.